The molecule has 0 amide bonds. The number of rotatable bonds is 0. The molecule has 0 aromatic heterocycles. The van der Waals surface area contributed by atoms with Crippen LogP contribution in [-0.2, 0) is 0 Å². The summed E-state index contributed by atoms with van der Waals surface area (Å²) in [7, 11) is 0. The first-order valence-electron chi connectivity index (χ1n) is 5.18. The molecule has 12 heavy (non-hydrogen) atoms. The normalized spacial score (nSPS) is 48.5. The van der Waals surface area contributed by atoms with E-state index in [0.29, 0.717) is 6.04 Å². The van der Waals surface area contributed by atoms with Crippen molar-refractivity contribution in [3.8, 4) is 0 Å². The molecule has 0 saturated heterocycles. The van der Waals surface area contributed by atoms with E-state index in [0.717, 1.165) is 16.7 Å². The summed E-state index contributed by atoms with van der Waals surface area (Å²) < 4.78 is 0. The van der Waals surface area contributed by atoms with Crippen molar-refractivity contribution < 1.29 is 0 Å². The van der Waals surface area contributed by atoms with E-state index in [4.69, 9.17) is 5.73 Å². The minimum atomic E-state index is 0.504. The molecule has 0 spiro atoms. The number of nitrogens with two attached hydrogens (primary N) is 1. The zero-order chi connectivity index (χ0) is 8.55. The fourth-order valence-electron chi connectivity index (χ4n) is 2.95. The third-order valence-electron chi connectivity index (χ3n) is 3.67. The Bertz CT molecular complexity index is 142. The lowest BCUT2D eigenvalue weighted by atomic mass is 9.68. The quantitative estimate of drug-likeness (QED) is 0.638. The molecule has 0 aliphatic heterocycles. The molecule has 2 aliphatic rings. The average Bonchev–Trinajstić information content (AvgIpc) is 2.12. The zero-order valence-electron chi connectivity index (χ0n) is 7.51. The fourth-order valence-corrected chi connectivity index (χ4v) is 3.87. The molecule has 2 fully saturated rings. The number of hydrogen-bond donors (Lipinski definition) is 1. The van der Waals surface area contributed by atoms with Gasteiger partial charge in [-0.1, -0.05) is 28.8 Å². The molecule has 1 nitrogen and oxygen atoms in total. The molecule has 70 valence electrons. The maximum absolute atomic E-state index is 6.13. The summed E-state index contributed by atoms with van der Waals surface area (Å²) in [5.74, 6) is 1.72. The summed E-state index contributed by atoms with van der Waals surface area (Å²) in [4.78, 5) is 0.766. The van der Waals surface area contributed by atoms with Crippen molar-refractivity contribution in [2.45, 2.75) is 49.4 Å². The molecule has 4 unspecified atom stereocenters. The lowest BCUT2D eigenvalue weighted by Crippen LogP contribution is -2.44. The minimum Gasteiger partial charge on any atom is -0.327 e. The van der Waals surface area contributed by atoms with E-state index in [1.54, 1.807) is 0 Å². The van der Waals surface area contributed by atoms with E-state index in [2.05, 4.69) is 15.9 Å². The number of alkyl halides is 1. The van der Waals surface area contributed by atoms with Crippen LogP contribution in [0.1, 0.15) is 38.5 Å². The van der Waals surface area contributed by atoms with Gasteiger partial charge in [-0.25, -0.2) is 0 Å². The van der Waals surface area contributed by atoms with E-state index in [-0.39, 0.29) is 0 Å². The molecule has 2 rings (SSSR count). The van der Waals surface area contributed by atoms with Crippen molar-refractivity contribution in [2.24, 2.45) is 17.6 Å². The van der Waals surface area contributed by atoms with Gasteiger partial charge in [0.1, 0.15) is 0 Å². The first-order chi connectivity index (χ1) is 5.79. The molecule has 0 radical (unpaired) electrons. The highest BCUT2D eigenvalue weighted by Crippen LogP contribution is 2.42. The van der Waals surface area contributed by atoms with E-state index in [1.807, 2.05) is 0 Å². The monoisotopic (exact) mass is 231 g/mol. The second kappa shape index (κ2) is 3.67. The lowest BCUT2D eigenvalue weighted by Gasteiger charge is -2.42. The maximum atomic E-state index is 6.13. The Balaban J connectivity index is 2.05. The highest BCUT2D eigenvalue weighted by atomic mass is 79.9. The van der Waals surface area contributed by atoms with Crippen LogP contribution in [0.15, 0.2) is 0 Å². The highest BCUT2D eigenvalue weighted by Gasteiger charge is 2.37. The third-order valence-corrected chi connectivity index (χ3v) is 4.80. The van der Waals surface area contributed by atoms with Crippen molar-refractivity contribution in [1.29, 1.82) is 0 Å². The molecule has 0 aromatic rings. The summed E-state index contributed by atoms with van der Waals surface area (Å²) >= 11 is 3.80. The Labute approximate surface area is 83.2 Å². The average molecular weight is 232 g/mol. The van der Waals surface area contributed by atoms with Crippen LogP contribution in [0.3, 0.4) is 0 Å². The smallest absolute Gasteiger partial charge is 0.0177 e. The van der Waals surface area contributed by atoms with Gasteiger partial charge in [-0.05, 0) is 37.5 Å². The van der Waals surface area contributed by atoms with Crippen molar-refractivity contribution >= 4 is 15.9 Å². The van der Waals surface area contributed by atoms with Crippen LogP contribution in [0, 0.1) is 11.8 Å². The van der Waals surface area contributed by atoms with Crippen molar-refractivity contribution in [3.05, 3.63) is 0 Å². The fraction of sp³-hybridized carbons (Fsp3) is 1.00. The summed E-state index contributed by atoms with van der Waals surface area (Å²) in [6.07, 6.45) is 8.16. The first kappa shape index (κ1) is 9.01. The van der Waals surface area contributed by atoms with Gasteiger partial charge in [-0.3, -0.25) is 0 Å². The Morgan fingerprint density at radius 1 is 0.917 bits per heavy atom. The molecule has 2 N–H and O–H groups in total. The van der Waals surface area contributed by atoms with Gasteiger partial charge in [0, 0.05) is 10.9 Å². The topological polar surface area (TPSA) is 26.0 Å². The molecule has 0 bridgehead atoms. The van der Waals surface area contributed by atoms with Crippen molar-refractivity contribution in [3.63, 3.8) is 0 Å². The van der Waals surface area contributed by atoms with Gasteiger partial charge in [-0.2, -0.15) is 0 Å². The molecular weight excluding hydrogens is 214 g/mol. The largest absolute Gasteiger partial charge is 0.327 e. The molecular formula is C10H18BrN. The molecule has 0 aromatic carbocycles. The summed E-state index contributed by atoms with van der Waals surface area (Å²) in [6, 6.07) is 0.504. The Kier molecular flexibility index (Phi) is 2.75. The Hall–Kier alpha value is 0.440. The lowest BCUT2D eigenvalue weighted by molar-refractivity contribution is 0.155. The first-order valence-corrected chi connectivity index (χ1v) is 6.10. The van der Waals surface area contributed by atoms with E-state index in [9.17, 15) is 0 Å². The molecule has 4 atom stereocenters. The Morgan fingerprint density at radius 2 is 1.58 bits per heavy atom. The molecule has 2 aliphatic carbocycles. The van der Waals surface area contributed by atoms with Crippen molar-refractivity contribution in [1.82, 2.24) is 0 Å². The van der Waals surface area contributed by atoms with Gasteiger partial charge in [0.2, 0.25) is 0 Å². The standard InChI is InChI=1S/C10H18BrN/c11-9-5-6-10(12)8-4-2-1-3-7(8)9/h7-10H,1-6,12H2. The number of hydrogen-bond acceptors (Lipinski definition) is 1. The maximum Gasteiger partial charge on any atom is 0.0177 e. The van der Waals surface area contributed by atoms with Crippen LogP contribution in [-0.4, -0.2) is 10.9 Å². The molecule has 2 saturated carbocycles. The van der Waals surface area contributed by atoms with Crippen LogP contribution in [0.4, 0.5) is 0 Å². The predicted molar refractivity (Wildman–Crippen MR) is 55.4 cm³/mol. The molecule has 0 heterocycles. The van der Waals surface area contributed by atoms with E-state index < -0.39 is 0 Å². The second-order valence-corrected chi connectivity index (χ2v) is 5.55. The summed E-state index contributed by atoms with van der Waals surface area (Å²) in [6.45, 7) is 0. The van der Waals surface area contributed by atoms with Gasteiger partial charge in [-0.15, -0.1) is 0 Å². The van der Waals surface area contributed by atoms with Gasteiger partial charge in [0.25, 0.3) is 0 Å². The second-order valence-electron chi connectivity index (χ2n) is 4.37. The Morgan fingerprint density at radius 3 is 2.25 bits per heavy atom. The van der Waals surface area contributed by atoms with Crippen LogP contribution in [0.2, 0.25) is 0 Å². The van der Waals surface area contributed by atoms with Crippen LogP contribution < -0.4 is 5.73 Å². The van der Waals surface area contributed by atoms with Crippen LogP contribution >= 0.6 is 15.9 Å². The number of fused-ring (bicyclic) bond motifs is 1. The van der Waals surface area contributed by atoms with Crippen LogP contribution in [0.25, 0.3) is 0 Å². The van der Waals surface area contributed by atoms with Gasteiger partial charge in [0.05, 0.1) is 0 Å². The van der Waals surface area contributed by atoms with E-state index >= 15 is 0 Å². The SMILES string of the molecule is NC1CCC(Br)C2CCCCC12. The van der Waals surface area contributed by atoms with Crippen molar-refractivity contribution in [2.75, 3.05) is 0 Å². The summed E-state index contributed by atoms with van der Waals surface area (Å²) in [5.41, 5.74) is 6.13. The van der Waals surface area contributed by atoms with Gasteiger partial charge in [0.15, 0.2) is 0 Å². The number of halogens is 1. The van der Waals surface area contributed by atoms with Crippen LogP contribution in [0.5, 0.6) is 0 Å². The minimum absolute atomic E-state index is 0.504. The van der Waals surface area contributed by atoms with Gasteiger partial charge < -0.3 is 5.73 Å². The van der Waals surface area contributed by atoms with Gasteiger partial charge >= 0.3 is 0 Å². The zero-order valence-corrected chi connectivity index (χ0v) is 9.09. The highest BCUT2D eigenvalue weighted by molar-refractivity contribution is 9.09. The summed E-state index contributed by atoms with van der Waals surface area (Å²) in [5, 5.41) is 0. The third kappa shape index (κ3) is 1.56. The predicted octanol–water partition coefficient (Wildman–Crippen LogP) is 2.68. The molecule has 2 heteroatoms. The van der Waals surface area contributed by atoms with E-state index in [1.165, 1.54) is 38.5 Å².